The summed E-state index contributed by atoms with van der Waals surface area (Å²) in [5.74, 6) is -1.17. The van der Waals surface area contributed by atoms with Crippen LogP contribution in [0.3, 0.4) is 0 Å². The van der Waals surface area contributed by atoms with Gasteiger partial charge in [-0.15, -0.1) is 0 Å². The van der Waals surface area contributed by atoms with E-state index in [2.05, 4.69) is 9.44 Å². The summed E-state index contributed by atoms with van der Waals surface area (Å²) < 4.78 is 50.0. The number of amides is 2. The number of nitrogens with two attached hydrogens (primary N) is 1. The summed E-state index contributed by atoms with van der Waals surface area (Å²) in [6.45, 7) is 6.98. The number of benzene rings is 1. The summed E-state index contributed by atoms with van der Waals surface area (Å²) in [5, 5.41) is 0. The Kier molecular flexibility index (Phi) is 9.56. The maximum Gasteiger partial charge on any atom is 0.261 e. The maximum atomic E-state index is 12.0. The Morgan fingerprint density at radius 1 is 0.833 bits per heavy atom. The van der Waals surface area contributed by atoms with E-state index in [-0.39, 0.29) is 36.7 Å². The summed E-state index contributed by atoms with van der Waals surface area (Å²) in [5.41, 5.74) is 5.72. The highest BCUT2D eigenvalue weighted by atomic mass is 32.2. The molecule has 0 aliphatic carbocycles. The van der Waals surface area contributed by atoms with Crippen molar-refractivity contribution in [2.75, 3.05) is 24.6 Å². The minimum absolute atomic E-state index is 0.00514. The molecule has 0 atom stereocenters. The van der Waals surface area contributed by atoms with Crippen molar-refractivity contribution in [2.24, 2.45) is 5.73 Å². The molecular weight excluding hydrogens is 432 g/mol. The molecule has 0 fully saturated rings. The molecule has 0 unspecified atom stereocenters. The number of rotatable bonds is 9. The van der Waals surface area contributed by atoms with Crippen molar-refractivity contribution in [3.05, 3.63) is 35.4 Å². The molecule has 170 valence electrons. The Labute approximate surface area is 178 Å². The smallest absolute Gasteiger partial charge is 0.261 e. The minimum Gasteiger partial charge on any atom is -0.329 e. The van der Waals surface area contributed by atoms with Crippen LogP contribution in [0.2, 0.25) is 0 Å². The zero-order valence-electron chi connectivity index (χ0n) is 17.6. The van der Waals surface area contributed by atoms with Gasteiger partial charge in [-0.05, 0) is 39.8 Å². The van der Waals surface area contributed by atoms with E-state index in [0.717, 1.165) is 4.90 Å². The third kappa shape index (κ3) is 8.11. The molecule has 12 heteroatoms. The van der Waals surface area contributed by atoms with Crippen LogP contribution in [0.1, 0.15) is 48.4 Å². The van der Waals surface area contributed by atoms with Crippen molar-refractivity contribution in [2.45, 2.75) is 39.8 Å². The monoisotopic (exact) mass is 462 g/mol. The summed E-state index contributed by atoms with van der Waals surface area (Å²) in [6, 6.07) is 6.21. The summed E-state index contributed by atoms with van der Waals surface area (Å²) in [7, 11) is -6.60. The SMILES string of the molecule is CC(C)NS(=O)(=O)CCN.CC(C)NS(=O)(=O)CCN1C(=O)c2ccccc2C1=O. The standard InChI is InChI=1S/C13H16N2O4S.C5H14N2O2S/c1-9(2)14-20(18,19)8-7-15-12(16)10-5-3-4-6-11(10)13(15)17;1-5(2)7-10(8,9)4-3-6/h3-6,9,14H,7-8H2,1-2H3;5,7H,3-4,6H2,1-2H3. The minimum atomic E-state index is -3.50. The number of imide groups is 1. The number of sulfonamides is 2. The van der Waals surface area contributed by atoms with Gasteiger partial charge in [-0.25, -0.2) is 26.3 Å². The molecule has 0 aromatic heterocycles. The first kappa shape index (κ1) is 26.2. The zero-order chi connectivity index (χ0) is 23.1. The first-order valence-electron chi connectivity index (χ1n) is 9.45. The molecule has 0 bridgehead atoms. The van der Waals surface area contributed by atoms with E-state index in [1.165, 1.54) is 0 Å². The van der Waals surface area contributed by atoms with Crippen LogP contribution in [0.25, 0.3) is 0 Å². The van der Waals surface area contributed by atoms with Crippen molar-refractivity contribution in [3.8, 4) is 0 Å². The van der Waals surface area contributed by atoms with E-state index < -0.39 is 31.9 Å². The normalized spacial score (nSPS) is 14.2. The largest absolute Gasteiger partial charge is 0.329 e. The maximum absolute atomic E-state index is 12.0. The fourth-order valence-electron chi connectivity index (χ4n) is 2.64. The molecule has 1 aliphatic rings. The lowest BCUT2D eigenvalue weighted by atomic mass is 10.1. The van der Waals surface area contributed by atoms with E-state index in [9.17, 15) is 26.4 Å². The summed E-state index contributed by atoms with van der Waals surface area (Å²) >= 11 is 0. The molecule has 4 N–H and O–H groups in total. The summed E-state index contributed by atoms with van der Waals surface area (Å²) in [6.07, 6.45) is 0. The number of nitrogens with zero attached hydrogens (tertiary/aromatic N) is 1. The molecule has 30 heavy (non-hydrogen) atoms. The zero-order valence-corrected chi connectivity index (χ0v) is 19.2. The number of hydrogen-bond acceptors (Lipinski definition) is 7. The van der Waals surface area contributed by atoms with Crippen LogP contribution in [0, 0.1) is 0 Å². The van der Waals surface area contributed by atoms with Crippen molar-refractivity contribution >= 4 is 31.9 Å². The average molecular weight is 463 g/mol. The van der Waals surface area contributed by atoms with E-state index in [1.54, 1.807) is 52.0 Å². The molecule has 1 aromatic carbocycles. The molecule has 10 nitrogen and oxygen atoms in total. The second-order valence-corrected chi connectivity index (χ2v) is 11.0. The Balaban J connectivity index is 0.000000382. The Hall–Kier alpha value is -1.86. The number of carbonyl (C=O) groups excluding carboxylic acids is 2. The van der Waals surface area contributed by atoms with Crippen molar-refractivity contribution < 1.29 is 26.4 Å². The Morgan fingerprint density at radius 3 is 1.60 bits per heavy atom. The fraction of sp³-hybridized carbons (Fsp3) is 0.556. The molecule has 0 radical (unpaired) electrons. The highest BCUT2D eigenvalue weighted by Crippen LogP contribution is 2.22. The third-order valence-corrected chi connectivity index (χ3v) is 6.83. The van der Waals surface area contributed by atoms with Crippen molar-refractivity contribution in [1.29, 1.82) is 0 Å². The lowest BCUT2D eigenvalue weighted by Gasteiger charge is -2.15. The van der Waals surface area contributed by atoms with Gasteiger partial charge in [0.2, 0.25) is 20.0 Å². The van der Waals surface area contributed by atoms with E-state index in [1.807, 2.05) is 0 Å². The molecule has 0 saturated carbocycles. The van der Waals surface area contributed by atoms with Gasteiger partial charge in [-0.1, -0.05) is 12.1 Å². The predicted octanol–water partition coefficient (Wildman–Crippen LogP) is -0.117. The van der Waals surface area contributed by atoms with Gasteiger partial charge in [0, 0.05) is 25.2 Å². The topological polar surface area (TPSA) is 156 Å². The van der Waals surface area contributed by atoms with Gasteiger partial charge in [-0.3, -0.25) is 14.5 Å². The van der Waals surface area contributed by atoms with Gasteiger partial charge >= 0.3 is 0 Å². The highest BCUT2D eigenvalue weighted by molar-refractivity contribution is 7.89. The van der Waals surface area contributed by atoms with Gasteiger partial charge in [0.05, 0.1) is 22.6 Å². The predicted molar refractivity (Wildman–Crippen MR) is 115 cm³/mol. The molecule has 2 amide bonds. The molecule has 1 aromatic rings. The lowest BCUT2D eigenvalue weighted by Crippen LogP contribution is -2.39. The molecule has 1 heterocycles. The molecular formula is C18H30N4O6S2. The van der Waals surface area contributed by atoms with Crippen molar-refractivity contribution in [3.63, 3.8) is 0 Å². The van der Waals surface area contributed by atoms with E-state index in [0.29, 0.717) is 11.1 Å². The number of carbonyl (C=O) groups is 2. The Bertz CT molecular complexity index is 924. The van der Waals surface area contributed by atoms with Gasteiger partial charge in [0.25, 0.3) is 11.8 Å². The lowest BCUT2D eigenvalue weighted by molar-refractivity contribution is 0.0664. The molecule has 0 spiro atoms. The highest BCUT2D eigenvalue weighted by Gasteiger charge is 2.35. The van der Waals surface area contributed by atoms with E-state index >= 15 is 0 Å². The van der Waals surface area contributed by atoms with Crippen LogP contribution in [0.4, 0.5) is 0 Å². The Morgan fingerprint density at radius 2 is 1.23 bits per heavy atom. The quantitative estimate of drug-likeness (QED) is 0.432. The van der Waals surface area contributed by atoms with Gasteiger partial charge in [0.15, 0.2) is 0 Å². The average Bonchev–Trinajstić information content (AvgIpc) is 2.83. The second kappa shape index (κ2) is 11.0. The van der Waals surface area contributed by atoms with Crippen LogP contribution < -0.4 is 15.2 Å². The molecule has 2 rings (SSSR count). The van der Waals surface area contributed by atoms with Crippen LogP contribution in [-0.4, -0.2) is 70.2 Å². The van der Waals surface area contributed by atoms with E-state index in [4.69, 9.17) is 5.73 Å². The van der Waals surface area contributed by atoms with Crippen LogP contribution in [-0.2, 0) is 20.0 Å². The van der Waals surface area contributed by atoms with Crippen molar-refractivity contribution in [1.82, 2.24) is 14.3 Å². The second-order valence-electron chi connectivity index (χ2n) is 7.28. The van der Waals surface area contributed by atoms with Gasteiger partial charge < -0.3 is 5.73 Å². The van der Waals surface area contributed by atoms with Gasteiger partial charge in [0.1, 0.15) is 0 Å². The first-order valence-corrected chi connectivity index (χ1v) is 12.8. The van der Waals surface area contributed by atoms with Crippen LogP contribution in [0.5, 0.6) is 0 Å². The molecule has 0 saturated heterocycles. The first-order chi connectivity index (χ1) is 13.8. The van der Waals surface area contributed by atoms with Gasteiger partial charge in [-0.2, -0.15) is 0 Å². The number of nitrogens with one attached hydrogen (secondary N) is 2. The molecule has 1 aliphatic heterocycles. The van der Waals surface area contributed by atoms with Crippen LogP contribution in [0.15, 0.2) is 24.3 Å². The fourth-order valence-corrected chi connectivity index (χ4v) is 5.05. The third-order valence-electron chi connectivity index (χ3n) is 3.68. The summed E-state index contributed by atoms with van der Waals surface area (Å²) in [4.78, 5) is 25.0. The number of hydrogen-bond donors (Lipinski definition) is 3. The number of fused-ring (bicyclic) bond motifs is 1. The van der Waals surface area contributed by atoms with Crippen LogP contribution >= 0.6 is 0 Å².